The molecule has 0 saturated heterocycles. The fourth-order valence-electron chi connectivity index (χ4n) is 4.12. The van der Waals surface area contributed by atoms with Crippen molar-refractivity contribution in [1.29, 1.82) is 0 Å². The number of nitrogens with zero attached hydrogens (tertiary/aromatic N) is 2. The summed E-state index contributed by atoms with van der Waals surface area (Å²) in [5.74, 6) is 2.31. The molecule has 0 saturated carbocycles. The van der Waals surface area contributed by atoms with Gasteiger partial charge in [-0.1, -0.05) is 60.7 Å². The van der Waals surface area contributed by atoms with Crippen molar-refractivity contribution in [1.82, 2.24) is 15.0 Å². The third-order valence-corrected chi connectivity index (χ3v) is 5.89. The van der Waals surface area contributed by atoms with Gasteiger partial charge in [-0.15, -0.1) is 0 Å². The zero-order chi connectivity index (χ0) is 25.6. The maximum atomic E-state index is 12.2. The van der Waals surface area contributed by atoms with E-state index >= 15 is 0 Å². The van der Waals surface area contributed by atoms with Crippen molar-refractivity contribution < 1.29 is 14.3 Å². The number of fused-ring (bicyclic) bond motifs is 1. The zero-order valence-corrected chi connectivity index (χ0v) is 20.6. The molecule has 0 aliphatic carbocycles. The number of hydrogen-bond donors (Lipinski definition) is 3. The molecular formula is C29H27N5O3. The number of amides is 1. The van der Waals surface area contributed by atoms with Crippen LogP contribution in [-0.2, 0) is 4.74 Å². The smallest absolute Gasteiger partial charge is 0.412 e. The van der Waals surface area contributed by atoms with Gasteiger partial charge >= 0.3 is 6.09 Å². The van der Waals surface area contributed by atoms with Crippen LogP contribution in [0.3, 0.4) is 0 Å². The topological polar surface area (TPSA) is 101 Å². The van der Waals surface area contributed by atoms with Crippen molar-refractivity contribution in [2.45, 2.75) is 13.0 Å². The highest BCUT2D eigenvalue weighted by Gasteiger charge is 2.20. The molecule has 1 amide bonds. The van der Waals surface area contributed by atoms with Crippen LogP contribution in [0.25, 0.3) is 22.4 Å². The molecule has 5 aromatic rings. The lowest BCUT2D eigenvalue weighted by Crippen LogP contribution is -2.17. The molecule has 3 N–H and O–H groups in total. The Morgan fingerprint density at radius 2 is 1.57 bits per heavy atom. The molecule has 2 aromatic heterocycles. The molecule has 0 bridgehead atoms. The van der Waals surface area contributed by atoms with Gasteiger partial charge in [0, 0.05) is 11.6 Å². The van der Waals surface area contributed by atoms with E-state index in [1.54, 1.807) is 20.1 Å². The first-order chi connectivity index (χ1) is 18.1. The SMILES string of the molecule is CCOC(=O)Nc1cc2[nH]c(-c3ccc(OC)cc3)nc2c(NC(c2ccccc2)c2ccccc2)n1. The second kappa shape index (κ2) is 10.8. The second-order valence-electron chi connectivity index (χ2n) is 8.31. The van der Waals surface area contributed by atoms with E-state index in [0.717, 1.165) is 28.0 Å². The molecule has 0 atom stereocenters. The molecule has 8 nitrogen and oxygen atoms in total. The zero-order valence-electron chi connectivity index (χ0n) is 20.6. The summed E-state index contributed by atoms with van der Waals surface area (Å²) in [7, 11) is 1.63. The number of anilines is 2. The Morgan fingerprint density at radius 3 is 2.16 bits per heavy atom. The normalized spacial score (nSPS) is 10.9. The summed E-state index contributed by atoms with van der Waals surface area (Å²) in [5, 5.41) is 6.29. The summed E-state index contributed by atoms with van der Waals surface area (Å²) in [4.78, 5) is 25.1. The van der Waals surface area contributed by atoms with Gasteiger partial charge in [0.1, 0.15) is 22.9 Å². The quantitative estimate of drug-likeness (QED) is 0.231. The van der Waals surface area contributed by atoms with Crippen LogP contribution in [0.2, 0.25) is 0 Å². The number of benzene rings is 3. The minimum absolute atomic E-state index is 0.197. The highest BCUT2D eigenvalue weighted by Crippen LogP contribution is 2.32. The summed E-state index contributed by atoms with van der Waals surface area (Å²) < 4.78 is 10.3. The molecule has 0 radical (unpaired) electrons. The predicted molar refractivity (Wildman–Crippen MR) is 145 cm³/mol. The van der Waals surface area contributed by atoms with E-state index in [1.807, 2.05) is 60.7 Å². The van der Waals surface area contributed by atoms with Gasteiger partial charge in [-0.05, 0) is 42.3 Å². The number of H-pyrrole nitrogens is 1. The van der Waals surface area contributed by atoms with E-state index in [9.17, 15) is 4.79 Å². The molecule has 186 valence electrons. The number of carbonyl (C=O) groups is 1. The number of imidazole rings is 1. The molecule has 3 aromatic carbocycles. The minimum atomic E-state index is -0.571. The van der Waals surface area contributed by atoms with Crippen LogP contribution >= 0.6 is 0 Å². The number of rotatable bonds is 8. The molecule has 0 unspecified atom stereocenters. The van der Waals surface area contributed by atoms with Crippen molar-refractivity contribution >= 4 is 28.8 Å². The number of aromatic amines is 1. The number of aromatic nitrogens is 3. The van der Waals surface area contributed by atoms with Crippen molar-refractivity contribution in [3.63, 3.8) is 0 Å². The lowest BCUT2D eigenvalue weighted by atomic mass is 9.99. The Morgan fingerprint density at radius 1 is 0.919 bits per heavy atom. The highest BCUT2D eigenvalue weighted by molar-refractivity contribution is 5.93. The molecule has 37 heavy (non-hydrogen) atoms. The van der Waals surface area contributed by atoms with Gasteiger partial charge in [0.25, 0.3) is 0 Å². The average molecular weight is 494 g/mol. The van der Waals surface area contributed by atoms with E-state index in [2.05, 4.69) is 39.9 Å². The van der Waals surface area contributed by atoms with Gasteiger partial charge < -0.3 is 19.8 Å². The average Bonchev–Trinajstić information content (AvgIpc) is 3.37. The Hall–Kier alpha value is -4.85. The Bertz CT molecular complexity index is 1450. The summed E-state index contributed by atoms with van der Waals surface area (Å²) in [6, 6.07) is 29.4. The van der Waals surface area contributed by atoms with Gasteiger partial charge in [0.05, 0.1) is 25.3 Å². The molecule has 0 spiro atoms. The van der Waals surface area contributed by atoms with Crippen LogP contribution in [0.5, 0.6) is 5.75 Å². The van der Waals surface area contributed by atoms with Gasteiger partial charge in [-0.3, -0.25) is 5.32 Å². The standard InChI is InChI=1S/C29H27N5O3/c1-3-37-29(35)32-24-18-23-26(34-27(30-23)21-14-16-22(36-2)17-15-21)28(31-24)33-25(19-10-6-4-7-11-19)20-12-8-5-9-13-20/h4-18,25H,3H2,1-2H3,(H,30,34)(H2,31,32,33,35). The highest BCUT2D eigenvalue weighted by atomic mass is 16.5. The number of pyridine rings is 1. The largest absolute Gasteiger partial charge is 0.497 e. The third-order valence-electron chi connectivity index (χ3n) is 5.89. The molecule has 0 fully saturated rings. The van der Waals surface area contributed by atoms with Gasteiger partial charge in [-0.25, -0.2) is 14.8 Å². The van der Waals surface area contributed by atoms with Crippen LogP contribution < -0.4 is 15.4 Å². The first-order valence-electron chi connectivity index (χ1n) is 12.0. The molecule has 8 heteroatoms. The van der Waals surface area contributed by atoms with Crippen LogP contribution in [0, 0.1) is 0 Å². The van der Waals surface area contributed by atoms with E-state index in [4.69, 9.17) is 19.4 Å². The summed E-state index contributed by atoms with van der Waals surface area (Å²) in [5.41, 5.74) is 4.40. The second-order valence-corrected chi connectivity index (χ2v) is 8.31. The fraction of sp³-hybridized carbons (Fsp3) is 0.138. The predicted octanol–water partition coefficient (Wildman–Crippen LogP) is 6.40. The van der Waals surface area contributed by atoms with Gasteiger partial charge in [-0.2, -0.15) is 0 Å². The van der Waals surface area contributed by atoms with Crippen molar-refractivity contribution in [3.8, 4) is 17.1 Å². The molecule has 5 rings (SSSR count). The molecule has 0 aliphatic rings. The van der Waals surface area contributed by atoms with Crippen molar-refractivity contribution in [2.75, 3.05) is 24.4 Å². The van der Waals surface area contributed by atoms with Crippen LogP contribution in [0.4, 0.5) is 16.4 Å². The Balaban J connectivity index is 1.60. The number of methoxy groups -OCH3 is 1. The number of hydrogen-bond acceptors (Lipinski definition) is 6. The first kappa shape index (κ1) is 23.9. The van der Waals surface area contributed by atoms with E-state index in [-0.39, 0.29) is 12.6 Å². The first-order valence-corrected chi connectivity index (χ1v) is 12.0. The summed E-state index contributed by atoms with van der Waals surface area (Å²) in [6.07, 6.45) is -0.571. The van der Waals surface area contributed by atoms with Crippen LogP contribution in [-0.4, -0.2) is 34.8 Å². The van der Waals surface area contributed by atoms with Crippen molar-refractivity contribution in [3.05, 3.63) is 102 Å². The maximum Gasteiger partial charge on any atom is 0.412 e. The number of carbonyl (C=O) groups excluding carboxylic acids is 1. The number of ether oxygens (including phenoxy) is 2. The maximum absolute atomic E-state index is 12.2. The van der Waals surface area contributed by atoms with Gasteiger partial charge in [0.2, 0.25) is 0 Å². The monoisotopic (exact) mass is 493 g/mol. The van der Waals surface area contributed by atoms with E-state index in [0.29, 0.717) is 23.0 Å². The Labute approximate surface area is 214 Å². The number of nitrogens with one attached hydrogen (secondary N) is 3. The van der Waals surface area contributed by atoms with Crippen LogP contribution in [0.1, 0.15) is 24.1 Å². The van der Waals surface area contributed by atoms with E-state index < -0.39 is 6.09 Å². The van der Waals surface area contributed by atoms with Crippen molar-refractivity contribution in [2.24, 2.45) is 0 Å². The van der Waals surface area contributed by atoms with Gasteiger partial charge in [0.15, 0.2) is 5.82 Å². The van der Waals surface area contributed by atoms with Crippen LogP contribution in [0.15, 0.2) is 91.0 Å². The summed E-state index contributed by atoms with van der Waals surface area (Å²) >= 11 is 0. The molecule has 0 aliphatic heterocycles. The lowest BCUT2D eigenvalue weighted by Gasteiger charge is -2.21. The minimum Gasteiger partial charge on any atom is -0.497 e. The van der Waals surface area contributed by atoms with E-state index in [1.165, 1.54) is 0 Å². The summed E-state index contributed by atoms with van der Waals surface area (Å²) in [6.45, 7) is 2.01. The Kier molecular flexibility index (Phi) is 6.98. The lowest BCUT2D eigenvalue weighted by molar-refractivity contribution is 0.168. The molecular weight excluding hydrogens is 466 g/mol. The fourth-order valence-corrected chi connectivity index (χ4v) is 4.12. The third kappa shape index (κ3) is 5.38. The molecule has 2 heterocycles.